The third-order valence-electron chi connectivity index (χ3n) is 6.97. The van der Waals surface area contributed by atoms with Crippen molar-refractivity contribution < 1.29 is 34.8 Å². The third kappa shape index (κ3) is 15.0. The summed E-state index contributed by atoms with van der Waals surface area (Å²) in [6, 6.07) is 37.0. The lowest BCUT2D eigenvalue weighted by Crippen LogP contribution is -2.01. The molecule has 5 aromatic rings. The Balaban J connectivity index is 0.000000295. The van der Waals surface area contributed by atoms with Crippen molar-refractivity contribution in [1.29, 1.82) is 0 Å². The number of rotatable bonds is 5. The average molecular weight is 637 g/mol. The number of carbonyl (C=O) groups is 3. The fraction of sp³-hybridized carbons (Fsp3) is 0.175. The van der Waals surface area contributed by atoms with Gasteiger partial charge < -0.3 is 20.4 Å². The minimum atomic E-state index is -1.00. The molecule has 0 aromatic heterocycles. The monoisotopic (exact) mass is 636 g/mol. The highest BCUT2D eigenvalue weighted by molar-refractivity contribution is 5.89. The van der Waals surface area contributed by atoms with Crippen LogP contribution in [0.25, 0.3) is 0 Å². The van der Waals surface area contributed by atoms with Gasteiger partial charge in [0, 0.05) is 5.56 Å². The van der Waals surface area contributed by atoms with Crippen LogP contribution in [0.2, 0.25) is 0 Å². The van der Waals surface area contributed by atoms with Gasteiger partial charge >= 0.3 is 11.9 Å². The minimum Gasteiger partial charge on any atom is -0.478 e. The van der Waals surface area contributed by atoms with Crippen molar-refractivity contribution in [3.63, 3.8) is 0 Å². The molecule has 7 heteroatoms. The summed E-state index contributed by atoms with van der Waals surface area (Å²) >= 11 is 0. The maximum Gasteiger partial charge on any atom is 0.336 e. The van der Waals surface area contributed by atoms with E-state index in [9.17, 15) is 14.4 Å². The highest BCUT2D eigenvalue weighted by Gasteiger charge is 2.06. The summed E-state index contributed by atoms with van der Waals surface area (Å²) in [6.07, 6.45) is 0.870. The molecule has 0 fully saturated rings. The molecule has 0 heterocycles. The molecule has 4 N–H and O–H groups in total. The van der Waals surface area contributed by atoms with Crippen molar-refractivity contribution in [3.05, 3.63) is 177 Å². The van der Waals surface area contributed by atoms with E-state index >= 15 is 0 Å². The van der Waals surface area contributed by atoms with Crippen molar-refractivity contribution in [2.75, 3.05) is 0 Å². The Morgan fingerprint density at radius 3 is 1.13 bits per heavy atom. The van der Waals surface area contributed by atoms with Gasteiger partial charge in [0.15, 0.2) is 0 Å². The molecule has 0 aliphatic heterocycles. The van der Waals surface area contributed by atoms with Gasteiger partial charge in [0.25, 0.3) is 0 Å². The summed E-state index contributed by atoms with van der Waals surface area (Å²) in [6.45, 7) is 9.85. The summed E-state index contributed by atoms with van der Waals surface area (Å²) in [5, 5.41) is 34.6. The van der Waals surface area contributed by atoms with Gasteiger partial charge in [0.1, 0.15) is 6.29 Å². The first-order valence-corrected chi connectivity index (χ1v) is 14.9. The van der Waals surface area contributed by atoms with Crippen molar-refractivity contribution >= 4 is 18.2 Å². The van der Waals surface area contributed by atoms with Crippen LogP contribution in [-0.2, 0) is 13.2 Å². The predicted octanol–water partition coefficient (Wildman–Crippen LogP) is 8.17. The number of carboxylic acids is 2. The second-order valence-corrected chi connectivity index (χ2v) is 10.4. The number of hydrogen-bond acceptors (Lipinski definition) is 5. The van der Waals surface area contributed by atoms with Gasteiger partial charge in [-0.1, -0.05) is 109 Å². The first-order chi connectivity index (χ1) is 22.5. The number of aromatic carboxylic acids is 2. The van der Waals surface area contributed by atoms with E-state index in [-0.39, 0.29) is 18.8 Å². The standard InChI is InChI=1S/C8H8O3.C8H8O2.C8H10O.C8H8O.C8H10/c9-5-6-3-1-2-4-7(6)8(10)11;1-6-4-2-3-5-7(6)8(9)10;2*1-7-4-2-3-5-8(7)6-9;1-7-5-3-4-6-8(7)2/h1-4,9H,5H2,(H,10,11);2-5H,1H3,(H,9,10);2-5,9H,6H2,1H3;2-6H,1H3;3-6H,1-2H3. The Kier molecular flexibility index (Phi) is 18.7. The number of benzene rings is 5. The van der Waals surface area contributed by atoms with Gasteiger partial charge in [0.2, 0.25) is 0 Å². The molecule has 0 saturated carbocycles. The zero-order chi connectivity index (χ0) is 35.2. The van der Waals surface area contributed by atoms with Crippen molar-refractivity contribution in [3.8, 4) is 0 Å². The van der Waals surface area contributed by atoms with Crippen LogP contribution in [0.1, 0.15) is 70.0 Å². The molecular formula is C40H44O7. The Morgan fingerprint density at radius 1 is 0.468 bits per heavy atom. The van der Waals surface area contributed by atoms with Crippen LogP contribution in [0, 0.1) is 34.6 Å². The van der Waals surface area contributed by atoms with Gasteiger partial charge in [-0.2, -0.15) is 0 Å². The van der Waals surface area contributed by atoms with Crippen LogP contribution >= 0.6 is 0 Å². The first-order valence-electron chi connectivity index (χ1n) is 14.9. The summed E-state index contributed by atoms with van der Waals surface area (Å²) in [4.78, 5) is 31.1. The smallest absolute Gasteiger partial charge is 0.336 e. The normalized spacial score (nSPS) is 9.34. The lowest BCUT2D eigenvalue weighted by atomic mass is 10.1. The Labute approximate surface area is 277 Å². The summed E-state index contributed by atoms with van der Waals surface area (Å²) in [5.74, 6) is -1.87. The molecule has 0 saturated heterocycles. The summed E-state index contributed by atoms with van der Waals surface area (Å²) in [7, 11) is 0. The van der Waals surface area contributed by atoms with E-state index in [0.717, 1.165) is 34.1 Å². The zero-order valence-electron chi connectivity index (χ0n) is 27.6. The number of aliphatic hydroxyl groups excluding tert-OH is 2. The van der Waals surface area contributed by atoms with E-state index < -0.39 is 11.9 Å². The van der Waals surface area contributed by atoms with Gasteiger partial charge in [-0.25, -0.2) is 9.59 Å². The SMILES string of the molecule is Cc1ccccc1C.Cc1ccccc1C(=O)O.Cc1ccccc1C=O.Cc1ccccc1CO.O=C(O)c1ccccc1CO. The number of aliphatic hydroxyl groups is 2. The Bertz CT molecular complexity index is 1670. The van der Waals surface area contributed by atoms with Crippen LogP contribution in [0.5, 0.6) is 0 Å². The molecule has 0 unspecified atom stereocenters. The molecule has 0 aliphatic rings. The van der Waals surface area contributed by atoms with Gasteiger partial charge in [-0.05, 0) is 85.7 Å². The van der Waals surface area contributed by atoms with Crippen LogP contribution in [-0.4, -0.2) is 38.7 Å². The number of hydrogen-bond donors (Lipinski definition) is 4. The number of carboxylic acid groups (broad SMARTS) is 2. The van der Waals surface area contributed by atoms with Gasteiger partial charge in [0.05, 0.1) is 24.3 Å². The summed E-state index contributed by atoms with van der Waals surface area (Å²) < 4.78 is 0. The molecule has 0 amide bonds. The van der Waals surface area contributed by atoms with Gasteiger partial charge in [-0.3, -0.25) is 4.79 Å². The lowest BCUT2D eigenvalue weighted by molar-refractivity contribution is 0.0684. The number of aldehydes is 1. The maximum absolute atomic E-state index is 10.5. The van der Waals surface area contributed by atoms with Gasteiger partial charge in [-0.15, -0.1) is 0 Å². The van der Waals surface area contributed by atoms with Crippen molar-refractivity contribution in [2.24, 2.45) is 0 Å². The highest BCUT2D eigenvalue weighted by atomic mass is 16.4. The van der Waals surface area contributed by atoms with E-state index in [4.69, 9.17) is 20.4 Å². The molecule has 5 rings (SSSR count). The van der Waals surface area contributed by atoms with Crippen molar-refractivity contribution in [2.45, 2.75) is 47.8 Å². The molecule has 0 aliphatic carbocycles. The predicted molar refractivity (Wildman–Crippen MR) is 187 cm³/mol. The average Bonchev–Trinajstić information content (AvgIpc) is 3.08. The second kappa shape index (κ2) is 22.2. The number of carbonyl (C=O) groups excluding carboxylic acids is 1. The van der Waals surface area contributed by atoms with Crippen LogP contribution in [0.3, 0.4) is 0 Å². The maximum atomic E-state index is 10.5. The Hall–Kier alpha value is -5.37. The van der Waals surface area contributed by atoms with Crippen LogP contribution in [0.4, 0.5) is 0 Å². The van der Waals surface area contributed by atoms with Crippen LogP contribution in [0.15, 0.2) is 121 Å². The fourth-order valence-corrected chi connectivity index (χ4v) is 3.85. The van der Waals surface area contributed by atoms with E-state index in [1.807, 2.05) is 68.4 Å². The Morgan fingerprint density at radius 2 is 0.830 bits per heavy atom. The van der Waals surface area contributed by atoms with E-state index in [0.29, 0.717) is 11.1 Å². The molecule has 47 heavy (non-hydrogen) atoms. The largest absolute Gasteiger partial charge is 0.478 e. The van der Waals surface area contributed by atoms with Crippen molar-refractivity contribution in [1.82, 2.24) is 0 Å². The molecule has 0 bridgehead atoms. The van der Waals surface area contributed by atoms with E-state index in [1.165, 1.54) is 17.2 Å². The van der Waals surface area contributed by atoms with Crippen LogP contribution < -0.4 is 0 Å². The molecule has 246 valence electrons. The fourth-order valence-electron chi connectivity index (χ4n) is 3.85. The van der Waals surface area contributed by atoms with E-state index in [1.54, 1.807) is 43.3 Å². The highest BCUT2D eigenvalue weighted by Crippen LogP contribution is 2.08. The molecule has 0 radical (unpaired) electrons. The second-order valence-electron chi connectivity index (χ2n) is 10.4. The van der Waals surface area contributed by atoms with E-state index in [2.05, 4.69) is 38.1 Å². The molecular weight excluding hydrogens is 592 g/mol. The molecule has 0 spiro atoms. The summed E-state index contributed by atoms with van der Waals surface area (Å²) in [5.41, 5.74) is 8.50. The third-order valence-corrected chi connectivity index (χ3v) is 6.97. The lowest BCUT2D eigenvalue weighted by Gasteiger charge is -1.99. The topological polar surface area (TPSA) is 132 Å². The zero-order valence-corrected chi connectivity index (χ0v) is 27.6. The first kappa shape index (κ1) is 39.7. The minimum absolute atomic E-state index is 0.146. The quantitative estimate of drug-likeness (QED) is 0.143. The molecule has 7 nitrogen and oxygen atoms in total. The number of aryl methyl sites for hydroxylation is 5. The molecule has 0 atom stereocenters. The molecule has 5 aromatic carbocycles.